The van der Waals surface area contributed by atoms with Crippen LogP contribution in [0.1, 0.15) is 43.6 Å². The van der Waals surface area contributed by atoms with E-state index in [1.165, 1.54) is 29.8 Å². The molecule has 1 aliphatic heterocycles. The Morgan fingerprint density at radius 3 is 2.85 bits per heavy atom. The van der Waals surface area contributed by atoms with E-state index in [-0.39, 0.29) is 0 Å². The summed E-state index contributed by atoms with van der Waals surface area (Å²) in [5.74, 6) is 0.708. The molecule has 0 amide bonds. The van der Waals surface area contributed by atoms with Gasteiger partial charge in [-0.1, -0.05) is 13.8 Å². The second kappa shape index (κ2) is 7.23. The SMILES string of the molecule is Cc1nn(CC2CCCO2)c(C)c1CCNCC(C)C. The molecule has 4 heteroatoms. The Kier molecular flexibility index (Phi) is 5.61. The van der Waals surface area contributed by atoms with Crippen LogP contribution in [-0.4, -0.2) is 35.6 Å². The third kappa shape index (κ3) is 4.06. The quantitative estimate of drug-likeness (QED) is 0.779. The van der Waals surface area contributed by atoms with Gasteiger partial charge in [0.15, 0.2) is 0 Å². The van der Waals surface area contributed by atoms with Crippen molar-refractivity contribution in [1.29, 1.82) is 0 Å². The molecule has 1 N–H and O–H groups in total. The van der Waals surface area contributed by atoms with Gasteiger partial charge in [0.05, 0.1) is 18.3 Å². The van der Waals surface area contributed by atoms with Gasteiger partial charge in [0.1, 0.15) is 0 Å². The average Bonchev–Trinajstić information content (AvgIpc) is 2.97. The van der Waals surface area contributed by atoms with Crippen LogP contribution >= 0.6 is 0 Å². The topological polar surface area (TPSA) is 39.1 Å². The summed E-state index contributed by atoms with van der Waals surface area (Å²) in [4.78, 5) is 0. The van der Waals surface area contributed by atoms with E-state index in [9.17, 15) is 0 Å². The maximum Gasteiger partial charge on any atom is 0.0771 e. The number of hydrogen-bond acceptors (Lipinski definition) is 3. The molecule has 1 aromatic heterocycles. The molecule has 1 unspecified atom stereocenters. The summed E-state index contributed by atoms with van der Waals surface area (Å²) >= 11 is 0. The van der Waals surface area contributed by atoms with Gasteiger partial charge in [-0.2, -0.15) is 5.10 Å². The predicted octanol–water partition coefficient (Wildman–Crippen LogP) is 2.47. The first-order valence-corrected chi connectivity index (χ1v) is 7.93. The highest BCUT2D eigenvalue weighted by Crippen LogP contribution is 2.18. The molecule has 1 aliphatic rings. The minimum Gasteiger partial charge on any atom is -0.376 e. The van der Waals surface area contributed by atoms with Crippen LogP contribution in [-0.2, 0) is 17.7 Å². The average molecular weight is 279 g/mol. The number of aryl methyl sites for hydroxylation is 1. The molecule has 1 saturated heterocycles. The number of nitrogens with one attached hydrogen (secondary N) is 1. The van der Waals surface area contributed by atoms with Gasteiger partial charge in [-0.15, -0.1) is 0 Å². The van der Waals surface area contributed by atoms with Crippen molar-refractivity contribution in [2.75, 3.05) is 19.7 Å². The fourth-order valence-corrected chi connectivity index (χ4v) is 2.86. The molecule has 1 atom stereocenters. The lowest BCUT2D eigenvalue weighted by atomic mass is 10.1. The van der Waals surface area contributed by atoms with Crippen LogP contribution in [0, 0.1) is 19.8 Å². The summed E-state index contributed by atoms with van der Waals surface area (Å²) in [6, 6.07) is 0. The lowest BCUT2D eigenvalue weighted by Crippen LogP contribution is -2.22. The lowest BCUT2D eigenvalue weighted by molar-refractivity contribution is 0.0934. The maximum absolute atomic E-state index is 5.71. The molecule has 0 saturated carbocycles. The highest BCUT2D eigenvalue weighted by molar-refractivity contribution is 5.24. The molecule has 2 heterocycles. The summed E-state index contributed by atoms with van der Waals surface area (Å²) in [6.45, 7) is 12.7. The molecule has 2 rings (SSSR count). The molecule has 1 fully saturated rings. The Balaban J connectivity index is 1.90. The van der Waals surface area contributed by atoms with E-state index in [2.05, 4.69) is 37.7 Å². The molecule has 0 spiro atoms. The van der Waals surface area contributed by atoms with Crippen molar-refractivity contribution in [2.45, 2.75) is 59.6 Å². The first-order chi connectivity index (χ1) is 9.58. The van der Waals surface area contributed by atoms with Crippen LogP contribution < -0.4 is 5.32 Å². The first kappa shape index (κ1) is 15.5. The summed E-state index contributed by atoms with van der Waals surface area (Å²) in [6.07, 6.45) is 3.79. The van der Waals surface area contributed by atoms with E-state index in [1.807, 2.05) is 0 Å². The number of nitrogens with zero attached hydrogens (tertiary/aromatic N) is 2. The Bertz CT molecular complexity index is 420. The molecule has 0 aromatic carbocycles. The molecular formula is C16H29N3O. The Morgan fingerprint density at radius 2 is 2.20 bits per heavy atom. The van der Waals surface area contributed by atoms with Gasteiger partial charge < -0.3 is 10.1 Å². The molecule has 0 radical (unpaired) electrons. The monoisotopic (exact) mass is 279 g/mol. The number of rotatable bonds is 7. The third-order valence-corrected chi connectivity index (χ3v) is 4.04. The van der Waals surface area contributed by atoms with Crippen molar-refractivity contribution in [3.8, 4) is 0 Å². The highest BCUT2D eigenvalue weighted by Gasteiger charge is 2.19. The highest BCUT2D eigenvalue weighted by atomic mass is 16.5. The van der Waals surface area contributed by atoms with E-state index in [1.54, 1.807) is 0 Å². The van der Waals surface area contributed by atoms with Crippen molar-refractivity contribution in [3.63, 3.8) is 0 Å². The van der Waals surface area contributed by atoms with Crippen LogP contribution in [0.5, 0.6) is 0 Å². The van der Waals surface area contributed by atoms with Crippen molar-refractivity contribution in [2.24, 2.45) is 5.92 Å². The van der Waals surface area contributed by atoms with Gasteiger partial charge in [0, 0.05) is 12.3 Å². The normalized spacial score (nSPS) is 19.1. The maximum atomic E-state index is 5.71. The zero-order valence-corrected chi connectivity index (χ0v) is 13.4. The Morgan fingerprint density at radius 1 is 1.40 bits per heavy atom. The van der Waals surface area contributed by atoms with Crippen LogP contribution in [0.15, 0.2) is 0 Å². The van der Waals surface area contributed by atoms with E-state index in [0.29, 0.717) is 12.0 Å². The molecule has 0 aliphatic carbocycles. The van der Waals surface area contributed by atoms with Gasteiger partial charge in [-0.3, -0.25) is 4.68 Å². The zero-order chi connectivity index (χ0) is 14.5. The number of hydrogen-bond donors (Lipinski definition) is 1. The summed E-state index contributed by atoms with van der Waals surface area (Å²) in [5, 5.41) is 8.20. The Labute approximate surface area is 122 Å². The van der Waals surface area contributed by atoms with Crippen LogP contribution in [0.3, 0.4) is 0 Å². The van der Waals surface area contributed by atoms with E-state index >= 15 is 0 Å². The van der Waals surface area contributed by atoms with Crippen molar-refractivity contribution < 1.29 is 4.74 Å². The van der Waals surface area contributed by atoms with Gasteiger partial charge in [0.25, 0.3) is 0 Å². The first-order valence-electron chi connectivity index (χ1n) is 7.93. The lowest BCUT2D eigenvalue weighted by Gasteiger charge is -2.11. The third-order valence-electron chi connectivity index (χ3n) is 4.04. The van der Waals surface area contributed by atoms with Crippen molar-refractivity contribution >= 4 is 0 Å². The summed E-state index contributed by atoms with van der Waals surface area (Å²) < 4.78 is 7.85. The molecule has 4 nitrogen and oxygen atoms in total. The minimum absolute atomic E-state index is 0.361. The van der Waals surface area contributed by atoms with Crippen LogP contribution in [0.25, 0.3) is 0 Å². The van der Waals surface area contributed by atoms with E-state index in [0.717, 1.165) is 32.7 Å². The van der Waals surface area contributed by atoms with Gasteiger partial charge in [-0.05, 0) is 57.7 Å². The fourth-order valence-electron chi connectivity index (χ4n) is 2.86. The molecular weight excluding hydrogens is 250 g/mol. The molecule has 0 bridgehead atoms. The second-order valence-electron chi connectivity index (χ2n) is 6.31. The fraction of sp³-hybridized carbons (Fsp3) is 0.812. The Hall–Kier alpha value is -0.870. The second-order valence-corrected chi connectivity index (χ2v) is 6.31. The minimum atomic E-state index is 0.361. The number of ether oxygens (including phenoxy) is 1. The predicted molar refractivity (Wildman–Crippen MR) is 82.1 cm³/mol. The van der Waals surface area contributed by atoms with Gasteiger partial charge in [-0.25, -0.2) is 0 Å². The van der Waals surface area contributed by atoms with Crippen LogP contribution in [0.4, 0.5) is 0 Å². The largest absolute Gasteiger partial charge is 0.376 e. The van der Waals surface area contributed by atoms with E-state index in [4.69, 9.17) is 9.84 Å². The molecule has 20 heavy (non-hydrogen) atoms. The smallest absolute Gasteiger partial charge is 0.0771 e. The number of aromatic nitrogens is 2. The standard InChI is InChI=1S/C16H29N3O/c1-12(2)10-17-8-7-16-13(3)18-19(14(16)4)11-15-6-5-9-20-15/h12,15,17H,5-11H2,1-4H3. The van der Waals surface area contributed by atoms with Gasteiger partial charge >= 0.3 is 0 Å². The van der Waals surface area contributed by atoms with E-state index < -0.39 is 0 Å². The van der Waals surface area contributed by atoms with Crippen molar-refractivity contribution in [3.05, 3.63) is 17.0 Å². The summed E-state index contributed by atoms with van der Waals surface area (Å²) in [5.41, 5.74) is 3.88. The van der Waals surface area contributed by atoms with Crippen LogP contribution in [0.2, 0.25) is 0 Å². The zero-order valence-electron chi connectivity index (χ0n) is 13.4. The van der Waals surface area contributed by atoms with Gasteiger partial charge in [0.2, 0.25) is 0 Å². The molecule has 1 aromatic rings. The van der Waals surface area contributed by atoms with Crippen molar-refractivity contribution in [1.82, 2.24) is 15.1 Å². The molecule has 114 valence electrons. The summed E-state index contributed by atoms with van der Waals surface area (Å²) in [7, 11) is 0.